The monoisotopic (exact) mass is 217 g/mol. The average Bonchev–Trinajstić information content (AvgIpc) is 2.22. The van der Waals surface area contributed by atoms with E-state index in [1.165, 1.54) is 0 Å². The molecule has 0 aliphatic carbocycles. The van der Waals surface area contributed by atoms with Crippen LogP contribution in [0.15, 0.2) is 42.5 Å². The van der Waals surface area contributed by atoms with Crippen molar-refractivity contribution in [3.63, 3.8) is 0 Å². The van der Waals surface area contributed by atoms with Gasteiger partial charge in [-0.1, -0.05) is 24.8 Å². The molecule has 2 N–H and O–H groups in total. The molecule has 1 atom stereocenters. The van der Waals surface area contributed by atoms with E-state index in [1.807, 2.05) is 39.1 Å². The molecular weight excluding hydrogens is 198 g/mol. The standard InChI is InChI=1S/C14H19NO/c1-5-6-10(2)14(15-4)13-8-7-12(16)9-11(13)3/h5-9,14-16H,2H2,1,3-4H3. The van der Waals surface area contributed by atoms with E-state index in [4.69, 9.17) is 0 Å². The second-order valence-corrected chi connectivity index (χ2v) is 3.84. The van der Waals surface area contributed by atoms with Crippen molar-refractivity contribution >= 4 is 0 Å². The number of aromatic hydroxyl groups is 1. The molecule has 0 aliphatic rings. The van der Waals surface area contributed by atoms with Crippen molar-refractivity contribution in [1.82, 2.24) is 5.32 Å². The second-order valence-electron chi connectivity index (χ2n) is 3.84. The van der Waals surface area contributed by atoms with Gasteiger partial charge in [0.25, 0.3) is 0 Å². The second kappa shape index (κ2) is 5.52. The van der Waals surface area contributed by atoms with E-state index < -0.39 is 0 Å². The zero-order valence-corrected chi connectivity index (χ0v) is 10.1. The lowest BCUT2D eigenvalue weighted by atomic mass is 9.95. The number of hydrogen-bond donors (Lipinski definition) is 2. The Morgan fingerprint density at radius 3 is 2.69 bits per heavy atom. The summed E-state index contributed by atoms with van der Waals surface area (Å²) in [5, 5.41) is 12.6. The minimum Gasteiger partial charge on any atom is -0.508 e. The van der Waals surface area contributed by atoms with E-state index in [1.54, 1.807) is 12.1 Å². The highest BCUT2D eigenvalue weighted by Gasteiger charge is 2.13. The number of phenols is 1. The van der Waals surface area contributed by atoms with Crippen molar-refractivity contribution in [2.24, 2.45) is 0 Å². The maximum Gasteiger partial charge on any atom is 0.115 e. The van der Waals surface area contributed by atoms with Gasteiger partial charge in [0.15, 0.2) is 0 Å². The molecule has 2 nitrogen and oxygen atoms in total. The Morgan fingerprint density at radius 1 is 1.50 bits per heavy atom. The molecule has 1 rings (SSSR count). The first-order valence-electron chi connectivity index (χ1n) is 5.38. The number of likely N-dealkylation sites (N-methyl/N-ethyl adjacent to an activating group) is 1. The van der Waals surface area contributed by atoms with Crippen LogP contribution in [0.2, 0.25) is 0 Å². The fraction of sp³-hybridized carbons (Fsp3) is 0.286. The van der Waals surface area contributed by atoms with Crippen LogP contribution in [-0.2, 0) is 0 Å². The SMILES string of the molecule is C=C(C=CC)C(NC)c1ccc(O)cc1C. The van der Waals surface area contributed by atoms with Gasteiger partial charge < -0.3 is 10.4 Å². The molecule has 0 spiro atoms. The molecule has 0 bridgehead atoms. The quantitative estimate of drug-likeness (QED) is 0.760. The fourth-order valence-corrected chi connectivity index (χ4v) is 1.83. The van der Waals surface area contributed by atoms with Crippen molar-refractivity contribution in [2.45, 2.75) is 19.9 Å². The van der Waals surface area contributed by atoms with Crippen LogP contribution in [-0.4, -0.2) is 12.2 Å². The van der Waals surface area contributed by atoms with Gasteiger partial charge in [0.2, 0.25) is 0 Å². The lowest BCUT2D eigenvalue weighted by Gasteiger charge is -2.19. The Kier molecular flexibility index (Phi) is 4.32. The van der Waals surface area contributed by atoms with Gasteiger partial charge in [0.1, 0.15) is 5.75 Å². The zero-order chi connectivity index (χ0) is 12.1. The summed E-state index contributed by atoms with van der Waals surface area (Å²) in [6, 6.07) is 5.50. The van der Waals surface area contributed by atoms with Gasteiger partial charge >= 0.3 is 0 Å². The molecule has 86 valence electrons. The number of hydrogen-bond acceptors (Lipinski definition) is 2. The van der Waals surface area contributed by atoms with Crippen molar-refractivity contribution in [2.75, 3.05) is 7.05 Å². The summed E-state index contributed by atoms with van der Waals surface area (Å²) >= 11 is 0. The Balaban J connectivity index is 3.08. The molecule has 1 aromatic carbocycles. The molecule has 0 heterocycles. The van der Waals surface area contributed by atoms with Crippen molar-refractivity contribution < 1.29 is 5.11 Å². The number of allylic oxidation sites excluding steroid dienone is 1. The fourth-order valence-electron chi connectivity index (χ4n) is 1.83. The smallest absolute Gasteiger partial charge is 0.115 e. The molecule has 1 aromatic rings. The molecule has 0 aliphatic heterocycles. The van der Waals surface area contributed by atoms with Crippen LogP contribution in [0.1, 0.15) is 24.1 Å². The van der Waals surface area contributed by atoms with Crippen LogP contribution in [0.5, 0.6) is 5.75 Å². The third-order valence-electron chi connectivity index (χ3n) is 2.60. The van der Waals surface area contributed by atoms with Gasteiger partial charge in [-0.25, -0.2) is 0 Å². The molecule has 0 amide bonds. The number of nitrogens with one attached hydrogen (secondary N) is 1. The molecule has 1 unspecified atom stereocenters. The van der Waals surface area contributed by atoms with Crippen molar-refractivity contribution in [3.8, 4) is 5.75 Å². The third-order valence-corrected chi connectivity index (χ3v) is 2.60. The Bertz CT molecular complexity index is 407. The molecule has 0 saturated carbocycles. The molecule has 16 heavy (non-hydrogen) atoms. The zero-order valence-electron chi connectivity index (χ0n) is 10.1. The highest BCUT2D eigenvalue weighted by atomic mass is 16.3. The highest BCUT2D eigenvalue weighted by molar-refractivity contribution is 5.41. The predicted molar refractivity (Wildman–Crippen MR) is 68.6 cm³/mol. The molecule has 0 radical (unpaired) electrons. The summed E-state index contributed by atoms with van der Waals surface area (Å²) in [4.78, 5) is 0. The van der Waals surface area contributed by atoms with Gasteiger partial charge in [-0.2, -0.15) is 0 Å². The minimum absolute atomic E-state index is 0.0943. The average molecular weight is 217 g/mol. The predicted octanol–water partition coefficient (Wildman–Crippen LogP) is 3.09. The van der Waals surface area contributed by atoms with Crippen LogP contribution in [0.25, 0.3) is 0 Å². The van der Waals surface area contributed by atoms with E-state index in [-0.39, 0.29) is 6.04 Å². The summed E-state index contributed by atoms with van der Waals surface area (Å²) in [6.45, 7) is 8.01. The van der Waals surface area contributed by atoms with Crippen LogP contribution in [0.4, 0.5) is 0 Å². The third kappa shape index (κ3) is 2.74. The Morgan fingerprint density at radius 2 is 2.19 bits per heavy atom. The van der Waals surface area contributed by atoms with E-state index in [9.17, 15) is 5.11 Å². The van der Waals surface area contributed by atoms with Crippen molar-refractivity contribution in [3.05, 3.63) is 53.6 Å². The summed E-state index contributed by atoms with van der Waals surface area (Å²) in [5.41, 5.74) is 3.21. The summed E-state index contributed by atoms with van der Waals surface area (Å²) in [6.07, 6.45) is 3.97. The lowest BCUT2D eigenvalue weighted by molar-refractivity contribution is 0.474. The largest absolute Gasteiger partial charge is 0.508 e. The number of aryl methyl sites for hydroxylation is 1. The summed E-state index contributed by atoms with van der Waals surface area (Å²) < 4.78 is 0. The minimum atomic E-state index is 0.0943. The first kappa shape index (κ1) is 12.5. The van der Waals surface area contributed by atoms with E-state index in [0.717, 1.165) is 16.7 Å². The van der Waals surface area contributed by atoms with Gasteiger partial charge in [0, 0.05) is 0 Å². The number of benzene rings is 1. The summed E-state index contributed by atoms with van der Waals surface area (Å²) in [7, 11) is 1.91. The topological polar surface area (TPSA) is 32.3 Å². The van der Waals surface area contributed by atoms with Crippen LogP contribution < -0.4 is 5.32 Å². The lowest BCUT2D eigenvalue weighted by Crippen LogP contribution is -2.18. The Labute approximate surface area is 97.3 Å². The first-order valence-corrected chi connectivity index (χ1v) is 5.38. The van der Waals surface area contributed by atoms with Crippen molar-refractivity contribution in [1.29, 1.82) is 0 Å². The first-order chi connectivity index (χ1) is 7.60. The number of phenolic OH excluding ortho intramolecular Hbond substituents is 1. The van der Waals surface area contributed by atoms with Crippen LogP contribution >= 0.6 is 0 Å². The molecular formula is C14H19NO. The highest BCUT2D eigenvalue weighted by Crippen LogP contribution is 2.26. The van der Waals surface area contributed by atoms with Gasteiger partial charge in [-0.3, -0.25) is 0 Å². The molecule has 0 saturated heterocycles. The van der Waals surface area contributed by atoms with Crippen LogP contribution in [0, 0.1) is 6.92 Å². The maximum absolute atomic E-state index is 9.38. The summed E-state index contributed by atoms with van der Waals surface area (Å²) in [5.74, 6) is 0.299. The van der Waals surface area contributed by atoms with E-state index in [0.29, 0.717) is 5.75 Å². The van der Waals surface area contributed by atoms with Gasteiger partial charge in [-0.15, -0.1) is 0 Å². The molecule has 0 fully saturated rings. The normalized spacial score (nSPS) is 12.9. The molecule has 2 heteroatoms. The maximum atomic E-state index is 9.38. The molecule has 0 aromatic heterocycles. The van der Waals surface area contributed by atoms with Crippen LogP contribution in [0.3, 0.4) is 0 Å². The number of rotatable bonds is 4. The van der Waals surface area contributed by atoms with E-state index in [2.05, 4.69) is 11.9 Å². The Hall–Kier alpha value is -1.54. The van der Waals surface area contributed by atoms with Gasteiger partial charge in [-0.05, 0) is 49.7 Å². The van der Waals surface area contributed by atoms with Gasteiger partial charge in [0.05, 0.1) is 6.04 Å². The van der Waals surface area contributed by atoms with E-state index >= 15 is 0 Å².